The fraction of sp³-hybridized carbons (Fsp3) is 0.111. The van der Waals surface area contributed by atoms with E-state index in [0.29, 0.717) is 26.3 Å². The minimum absolute atomic E-state index is 0.211. The van der Waals surface area contributed by atoms with Gasteiger partial charge in [0.15, 0.2) is 0 Å². The van der Waals surface area contributed by atoms with Crippen LogP contribution in [0.2, 0.25) is 10.0 Å². The first-order valence-electron chi connectivity index (χ1n) is 7.42. The van der Waals surface area contributed by atoms with Gasteiger partial charge >= 0.3 is 0 Å². The zero-order valence-corrected chi connectivity index (χ0v) is 17.4. The van der Waals surface area contributed by atoms with Crippen molar-refractivity contribution >= 4 is 68.1 Å². The highest BCUT2D eigenvalue weighted by molar-refractivity contribution is 9.10. The van der Waals surface area contributed by atoms with E-state index in [1.54, 1.807) is 18.2 Å². The van der Waals surface area contributed by atoms with E-state index in [9.17, 15) is 9.59 Å². The van der Waals surface area contributed by atoms with Gasteiger partial charge in [-0.05, 0) is 47.7 Å². The van der Waals surface area contributed by atoms with Crippen molar-refractivity contribution in [1.82, 2.24) is 4.90 Å². The Morgan fingerprint density at radius 3 is 2.54 bits per heavy atom. The van der Waals surface area contributed by atoms with Crippen molar-refractivity contribution in [3.05, 3.63) is 66.9 Å². The number of amides is 2. The van der Waals surface area contributed by atoms with Crippen molar-refractivity contribution in [3.63, 3.8) is 0 Å². The molecule has 1 aliphatic heterocycles. The number of hydrogen-bond donors (Lipinski definition) is 0. The van der Waals surface area contributed by atoms with E-state index in [1.807, 2.05) is 24.3 Å². The van der Waals surface area contributed by atoms with Crippen LogP contribution >= 0.6 is 50.9 Å². The summed E-state index contributed by atoms with van der Waals surface area (Å²) < 4.78 is 6.21. The van der Waals surface area contributed by atoms with Gasteiger partial charge in [0.1, 0.15) is 5.75 Å². The zero-order chi connectivity index (χ0) is 18.8. The van der Waals surface area contributed by atoms with Gasteiger partial charge in [0.2, 0.25) is 0 Å². The number of carbonyl (C=O) groups is 2. The Morgan fingerprint density at radius 1 is 1.19 bits per heavy atom. The van der Waals surface area contributed by atoms with Gasteiger partial charge < -0.3 is 4.74 Å². The Balaban J connectivity index is 1.89. The topological polar surface area (TPSA) is 46.6 Å². The van der Waals surface area contributed by atoms with Crippen LogP contribution in [0, 0.1) is 0 Å². The fourth-order valence-corrected chi connectivity index (χ4v) is 4.13. The molecule has 2 aromatic rings. The molecule has 2 amide bonds. The molecule has 1 aliphatic rings. The molecule has 2 aromatic carbocycles. The van der Waals surface area contributed by atoms with E-state index in [2.05, 4.69) is 15.9 Å². The van der Waals surface area contributed by atoms with E-state index in [0.717, 1.165) is 21.8 Å². The highest BCUT2D eigenvalue weighted by Gasteiger charge is 2.35. The Morgan fingerprint density at radius 2 is 1.88 bits per heavy atom. The second-order valence-electron chi connectivity index (χ2n) is 5.40. The molecule has 0 N–H and O–H groups in total. The van der Waals surface area contributed by atoms with Crippen LogP contribution in [0.3, 0.4) is 0 Å². The third-order valence-corrected chi connectivity index (χ3v) is 5.59. The number of carbonyl (C=O) groups excluding carboxylic acids is 2. The van der Waals surface area contributed by atoms with Crippen LogP contribution in [0.15, 0.2) is 45.8 Å². The van der Waals surface area contributed by atoms with Crippen LogP contribution in [0.4, 0.5) is 4.79 Å². The van der Waals surface area contributed by atoms with Gasteiger partial charge in [-0.1, -0.05) is 51.3 Å². The maximum absolute atomic E-state index is 12.7. The lowest BCUT2D eigenvalue weighted by Gasteiger charge is -2.12. The molecule has 0 unspecified atom stereocenters. The van der Waals surface area contributed by atoms with E-state index < -0.39 is 0 Å². The molecule has 26 heavy (non-hydrogen) atoms. The Bertz CT molecular complexity index is 915. The SMILES string of the molecule is COc1c(Cl)cc(Cl)cc1/C=C1\SC(=O)N(Cc2ccc(Br)cc2)C1=O. The lowest BCUT2D eigenvalue weighted by Crippen LogP contribution is -2.27. The summed E-state index contributed by atoms with van der Waals surface area (Å²) in [6.07, 6.45) is 1.57. The molecule has 3 rings (SSSR count). The predicted molar refractivity (Wildman–Crippen MR) is 109 cm³/mol. The molecule has 0 spiro atoms. The molecular formula is C18H12BrCl2NO3S. The van der Waals surface area contributed by atoms with Crippen molar-refractivity contribution in [2.24, 2.45) is 0 Å². The first-order chi connectivity index (χ1) is 12.4. The summed E-state index contributed by atoms with van der Waals surface area (Å²) in [6, 6.07) is 10.6. The Labute approximate surface area is 173 Å². The van der Waals surface area contributed by atoms with Gasteiger partial charge in [-0.2, -0.15) is 0 Å². The van der Waals surface area contributed by atoms with Crippen molar-refractivity contribution in [2.45, 2.75) is 6.54 Å². The van der Waals surface area contributed by atoms with Gasteiger partial charge in [0.25, 0.3) is 11.1 Å². The van der Waals surface area contributed by atoms with Crippen molar-refractivity contribution in [2.75, 3.05) is 7.11 Å². The number of imide groups is 1. The number of halogens is 3. The number of benzene rings is 2. The fourth-order valence-electron chi connectivity index (χ4n) is 2.45. The lowest BCUT2D eigenvalue weighted by atomic mass is 10.1. The van der Waals surface area contributed by atoms with Crippen LogP contribution in [0.1, 0.15) is 11.1 Å². The van der Waals surface area contributed by atoms with Crippen molar-refractivity contribution in [3.8, 4) is 5.75 Å². The minimum Gasteiger partial charge on any atom is -0.495 e. The van der Waals surface area contributed by atoms with Crippen molar-refractivity contribution < 1.29 is 14.3 Å². The standard InChI is InChI=1S/C18H12BrCl2NO3S/c1-25-16-11(6-13(20)8-14(16)21)7-15-17(23)22(18(24)26-15)9-10-2-4-12(19)5-3-10/h2-8H,9H2,1H3/b15-7-. The highest BCUT2D eigenvalue weighted by atomic mass is 79.9. The lowest BCUT2D eigenvalue weighted by molar-refractivity contribution is -0.123. The molecular weight excluding hydrogens is 461 g/mol. The van der Waals surface area contributed by atoms with E-state index in [4.69, 9.17) is 27.9 Å². The maximum Gasteiger partial charge on any atom is 0.293 e. The highest BCUT2D eigenvalue weighted by Crippen LogP contribution is 2.38. The number of thioether (sulfide) groups is 1. The summed E-state index contributed by atoms with van der Waals surface area (Å²) in [5.74, 6) is 0.0387. The van der Waals surface area contributed by atoms with Crippen LogP contribution in [0.5, 0.6) is 5.75 Å². The molecule has 1 saturated heterocycles. The van der Waals surface area contributed by atoms with Gasteiger partial charge in [0.05, 0.1) is 23.6 Å². The minimum atomic E-state index is -0.360. The van der Waals surface area contributed by atoms with Gasteiger partial charge in [0, 0.05) is 15.1 Å². The quantitative estimate of drug-likeness (QED) is 0.512. The van der Waals surface area contributed by atoms with Crippen LogP contribution in [0.25, 0.3) is 6.08 Å². The summed E-state index contributed by atoms with van der Waals surface area (Å²) in [5.41, 5.74) is 1.40. The summed E-state index contributed by atoms with van der Waals surface area (Å²) in [6.45, 7) is 0.211. The first kappa shape index (κ1) is 19.3. The van der Waals surface area contributed by atoms with E-state index in [-0.39, 0.29) is 17.7 Å². The summed E-state index contributed by atoms with van der Waals surface area (Å²) in [4.78, 5) is 26.4. The van der Waals surface area contributed by atoms with Gasteiger partial charge in [-0.25, -0.2) is 0 Å². The molecule has 8 heteroatoms. The number of ether oxygens (including phenoxy) is 1. The molecule has 1 heterocycles. The maximum atomic E-state index is 12.7. The molecule has 0 saturated carbocycles. The average Bonchev–Trinajstić information content (AvgIpc) is 2.84. The number of rotatable bonds is 4. The van der Waals surface area contributed by atoms with Gasteiger partial charge in [-0.15, -0.1) is 0 Å². The number of methoxy groups -OCH3 is 1. The Hall–Kier alpha value is -1.47. The molecule has 4 nitrogen and oxygen atoms in total. The summed E-state index contributed by atoms with van der Waals surface area (Å²) in [5, 5.41) is 0.424. The molecule has 1 fully saturated rings. The van der Waals surface area contributed by atoms with Crippen LogP contribution < -0.4 is 4.74 Å². The third-order valence-electron chi connectivity index (χ3n) is 3.66. The summed E-state index contributed by atoms with van der Waals surface area (Å²) in [7, 11) is 1.48. The average molecular weight is 473 g/mol. The second kappa shape index (κ2) is 8.05. The number of nitrogens with zero attached hydrogens (tertiary/aromatic N) is 1. The zero-order valence-electron chi connectivity index (χ0n) is 13.5. The van der Waals surface area contributed by atoms with Crippen molar-refractivity contribution in [1.29, 1.82) is 0 Å². The second-order valence-corrected chi connectivity index (χ2v) is 8.16. The van der Waals surface area contributed by atoms with E-state index >= 15 is 0 Å². The molecule has 0 atom stereocenters. The monoisotopic (exact) mass is 471 g/mol. The summed E-state index contributed by atoms with van der Waals surface area (Å²) >= 11 is 16.4. The molecule has 0 radical (unpaired) electrons. The molecule has 0 aromatic heterocycles. The molecule has 0 bridgehead atoms. The normalized spacial score (nSPS) is 15.8. The smallest absolute Gasteiger partial charge is 0.293 e. The Kier molecular flexibility index (Phi) is 5.97. The largest absolute Gasteiger partial charge is 0.495 e. The third kappa shape index (κ3) is 4.09. The van der Waals surface area contributed by atoms with Crippen LogP contribution in [-0.4, -0.2) is 23.2 Å². The van der Waals surface area contributed by atoms with Gasteiger partial charge in [-0.3, -0.25) is 14.5 Å². The predicted octanol–water partition coefficient (Wildman–Crippen LogP) is 6.00. The van der Waals surface area contributed by atoms with Crippen LogP contribution in [-0.2, 0) is 11.3 Å². The van der Waals surface area contributed by atoms with E-state index in [1.165, 1.54) is 12.0 Å². The first-order valence-corrected chi connectivity index (χ1v) is 9.78. The molecule has 0 aliphatic carbocycles. The molecule has 134 valence electrons. The number of hydrogen-bond acceptors (Lipinski definition) is 4.